The molecule has 1 aromatic heterocycles. The molecule has 2 N–H and O–H groups in total. The number of amides is 1. The fraction of sp³-hybridized carbons (Fsp3) is 0.346. The van der Waals surface area contributed by atoms with E-state index in [0.717, 1.165) is 17.7 Å². The van der Waals surface area contributed by atoms with Crippen LogP contribution in [0.1, 0.15) is 51.1 Å². The summed E-state index contributed by atoms with van der Waals surface area (Å²) in [6.45, 7) is 4.77. The number of anilines is 2. The average molecular weight is 462 g/mol. The normalized spacial score (nSPS) is 14.9. The predicted molar refractivity (Wildman–Crippen MR) is 132 cm³/mol. The van der Waals surface area contributed by atoms with Gasteiger partial charge in [0, 0.05) is 5.70 Å². The van der Waals surface area contributed by atoms with E-state index in [9.17, 15) is 4.79 Å². The van der Waals surface area contributed by atoms with Gasteiger partial charge in [0.25, 0.3) is 5.91 Å². The summed E-state index contributed by atoms with van der Waals surface area (Å²) < 4.78 is 13.0. The molecule has 2 aromatic carbocycles. The molecule has 1 aliphatic heterocycles. The number of aromatic nitrogens is 3. The standard InChI is InChI=1S/C26H31N5O3/c1-4-5-6-9-16-34-20-14-12-19(13-15-20)24-23(18(2)29-26-27-17-28-31(24)26)25(32)30-21-10-7-8-11-22(21)33-3/h7-8,10-15,17,24H,4-6,9,16H2,1-3H3,(H,30,32)(H,27,28,29)/t24-/m1/s1. The lowest BCUT2D eigenvalue weighted by atomic mass is 9.95. The molecule has 1 atom stereocenters. The second kappa shape index (κ2) is 10.9. The van der Waals surface area contributed by atoms with Gasteiger partial charge >= 0.3 is 0 Å². The molecule has 34 heavy (non-hydrogen) atoms. The molecular formula is C26H31N5O3. The monoisotopic (exact) mass is 461 g/mol. The van der Waals surface area contributed by atoms with Crippen molar-refractivity contribution in [3.8, 4) is 11.5 Å². The molecule has 178 valence electrons. The first-order valence-corrected chi connectivity index (χ1v) is 11.7. The zero-order chi connectivity index (χ0) is 23.9. The van der Waals surface area contributed by atoms with Crippen LogP contribution in [0.25, 0.3) is 0 Å². The molecule has 8 heteroatoms. The van der Waals surface area contributed by atoms with Crippen LogP contribution >= 0.6 is 0 Å². The Morgan fingerprint density at radius 1 is 1.12 bits per heavy atom. The van der Waals surface area contributed by atoms with Crippen molar-refractivity contribution in [2.45, 2.75) is 45.6 Å². The number of hydrogen-bond acceptors (Lipinski definition) is 6. The number of ether oxygens (including phenoxy) is 2. The van der Waals surface area contributed by atoms with E-state index in [1.807, 2.05) is 55.5 Å². The Morgan fingerprint density at radius 2 is 1.91 bits per heavy atom. The third kappa shape index (κ3) is 5.06. The summed E-state index contributed by atoms with van der Waals surface area (Å²) in [5.41, 5.74) is 2.78. The van der Waals surface area contributed by atoms with Gasteiger partial charge in [0.15, 0.2) is 0 Å². The Bertz CT molecular complexity index is 1150. The fourth-order valence-corrected chi connectivity index (χ4v) is 4.10. The van der Waals surface area contributed by atoms with Crippen LogP contribution in [-0.4, -0.2) is 34.4 Å². The molecule has 0 unspecified atom stereocenters. The number of para-hydroxylation sites is 2. The van der Waals surface area contributed by atoms with Gasteiger partial charge in [0.2, 0.25) is 5.95 Å². The van der Waals surface area contributed by atoms with Gasteiger partial charge in [0.1, 0.15) is 23.9 Å². The molecule has 1 amide bonds. The molecule has 0 bridgehead atoms. The Labute approximate surface area is 200 Å². The van der Waals surface area contributed by atoms with Crippen LogP contribution in [0.15, 0.2) is 66.1 Å². The van der Waals surface area contributed by atoms with Crippen LogP contribution in [0.3, 0.4) is 0 Å². The van der Waals surface area contributed by atoms with Crippen molar-refractivity contribution in [2.75, 3.05) is 24.4 Å². The van der Waals surface area contributed by atoms with Crippen LogP contribution in [0.4, 0.5) is 11.6 Å². The predicted octanol–water partition coefficient (Wildman–Crippen LogP) is 5.17. The molecule has 0 radical (unpaired) electrons. The van der Waals surface area contributed by atoms with Gasteiger partial charge in [-0.05, 0) is 43.2 Å². The number of nitrogens with zero attached hydrogens (tertiary/aromatic N) is 3. The number of nitrogens with one attached hydrogen (secondary N) is 2. The molecule has 4 rings (SSSR count). The highest BCUT2D eigenvalue weighted by Crippen LogP contribution is 2.36. The first-order chi connectivity index (χ1) is 16.6. The summed E-state index contributed by atoms with van der Waals surface area (Å²) in [5.74, 6) is 1.76. The molecule has 0 spiro atoms. The van der Waals surface area contributed by atoms with E-state index in [1.165, 1.54) is 25.6 Å². The van der Waals surface area contributed by atoms with E-state index in [-0.39, 0.29) is 5.91 Å². The minimum atomic E-state index is -0.438. The number of carbonyl (C=O) groups excluding carboxylic acids is 1. The summed E-state index contributed by atoms with van der Waals surface area (Å²) in [6.07, 6.45) is 6.13. The topological polar surface area (TPSA) is 90.3 Å². The highest BCUT2D eigenvalue weighted by molar-refractivity contribution is 6.06. The second-order valence-corrected chi connectivity index (χ2v) is 8.23. The van der Waals surface area contributed by atoms with Crippen molar-refractivity contribution in [3.05, 3.63) is 71.7 Å². The van der Waals surface area contributed by atoms with E-state index in [2.05, 4.69) is 27.6 Å². The first kappa shape index (κ1) is 23.4. The van der Waals surface area contributed by atoms with Crippen LogP contribution in [0.5, 0.6) is 11.5 Å². The molecule has 1 aliphatic rings. The van der Waals surface area contributed by atoms with Crippen molar-refractivity contribution in [3.63, 3.8) is 0 Å². The number of benzene rings is 2. The molecule has 0 fully saturated rings. The van der Waals surface area contributed by atoms with E-state index in [1.54, 1.807) is 11.8 Å². The van der Waals surface area contributed by atoms with Crippen LogP contribution in [0.2, 0.25) is 0 Å². The molecule has 0 aliphatic carbocycles. The summed E-state index contributed by atoms with van der Waals surface area (Å²) in [4.78, 5) is 17.8. The van der Waals surface area contributed by atoms with Gasteiger partial charge in [0.05, 0.1) is 25.0 Å². The van der Waals surface area contributed by atoms with Crippen LogP contribution in [-0.2, 0) is 4.79 Å². The highest BCUT2D eigenvalue weighted by atomic mass is 16.5. The van der Waals surface area contributed by atoms with Gasteiger partial charge in [-0.2, -0.15) is 10.1 Å². The Balaban J connectivity index is 1.58. The van der Waals surface area contributed by atoms with Gasteiger partial charge in [-0.15, -0.1) is 0 Å². The second-order valence-electron chi connectivity index (χ2n) is 8.23. The Morgan fingerprint density at radius 3 is 2.68 bits per heavy atom. The number of allylic oxidation sites excluding steroid dienone is 1. The van der Waals surface area contributed by atoms with Crippen LogP contribution in [0, 0.1) is 0 Å². The number of fused-ring (bicyclic) bond motifs is 1. The maximum atomic E-state index is 13.5. The molecule has 0 saturated carbocycles. The van der Waals surface area contributed by atoms with E-state index in [0.29, 0.717) is 35.3 Å². The number of carbonyl (C=O) groups is 1. The van der Waals surface area contributed by atoms with E-state index >= 15 is 0 Å². The lowest BCUT2D eigenvalue weighted by molar-refractivity contribution is -0.113. The largest absolute Gasteiger partial charge is 0.495 e. The van der Waals surface area contributed by atoms with E-state index < -0.39 is 6.04 Å². The summed E-state index contributed by atoms with van der Waals surface area (Å²) in [7, 11) is 1.58. The highest BCUT2D eigenvalue weighted by Gasteiger charge is 2.33. The fourth-order valence-electron chi connectivity index (χ4n) is 4.10. The zero-order valence-electron chi connectivity index (χ0n) is 19.9. The maximum absolute atomic E-state index is 13.5. The molecule has 8 nitrogen and oxygen atoms in total. The van der Waals surface area contributed by atoms with Crippen molar-refractivity contribution in [1.29, 1.82) is 0 Å². The quantitative estimate of drug-likeness (QED) is 0.405. The number of rotatable bonds is 10. The smallest absolute Gasteiger partial charge is 0.255 e. The molecular weight excluding hydrogens is 430 g/mol. The molecule has 0 saturated heterocycles. The lowest BCUT2D eigenvalue weighted by Gasteiger charge is -2.29. The van der Waals surface area contributed by atoms with Crippen LogP contribution < -0.4 is 20.1 Å². The Hall–Kier alpha value is -3.81. The van der Waals surface area contributed by atoms with Crippen molar-refractivity contribution in [1.82, 2.24) is 14.8 Å². The SMILES string of the molecule is CCCCCCOc1ccc([C@@H]2C(C(=O)Nc3ccccc3OC)=C(C)Nc3ncnn32)cc1. The third-order valence-corrected chi connectivity index (χ3v) is 5.86. The van der Waals surface area contributed by atoms with Crippen molar-refractivity contribution >= 4 is 17.5 Å². The maximum Gasteiger partial charge on any atom is 0.255 e. The minimum absolute atomic E-state index is 0.239. The van der Waals surface area contributed by atoms with Gasteiger partial charge in [-0.3, -0.25) is 4.79 Å². The number of methoxy groups -OCH3 is 1. The van der Waals surface area contributed by atoms with Crippen molar-refractivity contribution in [2.24, 2.45) is 0 Å². The van der Waals surface area contributed by atoms with Gasteiger partial charge < -0.3 is 20.1 Å². The number of unbranched alkanes of at least 4 members (excludes halogenated alkanes) is 3. The lowest BCUT2D eigenvalue weighted by Crippen LogP contribution is -2.31. The van der Waals surface area contributed by atoms with Gasteiger partial charge in [-0.25, -0.2) is 4.68 Å². The minimum Gasteiger partial charge on any atom is -0.495 e. The van der Waals surface area contributed by atoms with Crippen molar-refractivity contribution < 1.29 is 14.3 Å². The summed E-state index contributed by atoms with van der Waals surface area (Å²) in [6, 6.07) is 14.7. The Kier molecular flexibility index (Phi) is 7.47. The third-order valence-electron chi connectivity index (χ3n) is 5.86. The zero-order valence-corrected chi connectivity index (χ0v) is 19.9. The van der Waals surface area contributed by atoms with Gasteiger partial charge in [-0.1, -0.05) is 50.5 Å². The van der Waals surface area contributed by atoms with E-state index in [4.69, 9.17) is 9.47 Å². The molecule has 3 aromatic rings. The summed E-state index contributed by atoms with van der Waals surface area (Å²) in [5, 5.41) is 10.6. The number of hydrogen-bond donors (Lipinski definition) is 2. The first-order valence-electron chi connectivity index (χ1n) is 11.7. The molecule has 2 heterocycles. The summed E-state index contributed by atoms with van der Waals surface area (Å²) >= 11 is 0. The average Bonchev–Trinajstić information content (AvgIpc) is 3.32.